The van der Waals surface area contributed by atoms with Crippen LogP contribution in [-0.4, -0.2) is 78.4 Å². The fourth-order valence-corrected chi connectivity index (χ4v) is 5.91. The minimum absolute atomic E-state index is 0.00586. The molecule has 1 fully saturated rings. The summed E-state index contributed by atoms with van der Waals surface area (Å²) in [5.74, 6) is -3.75. The molecule has 0 aromatic rings. The van der Waals surface area contributed by atoms with Crippen LogP contribution in [0.15, 0.2) is 112 Å². The van der Waals surface area contributed by atoms with Crippen LogP contribution in [0.5, 0.6) is 0 Å². The molecule has 0 spiro atoms. The van der Waals surface area contributed by atoms with Gasteiger partial charge in [0.15, 0.2) is 0 Å². The SMILES string of the molecule is CC.CC.C\C=C/C(=N\C(CONCC1C=CC(C#N)=CC1F)=C(/C)F)C1C=CC=C(CC2N(C)C(/C=C\C(C)C(=O)O)=C(C)N2CC2CCO2)C(F)=C1. The molecular formula is C42H58F3N5O4. The summed E-state index contributed by atoms with van der Waals surface area (Å²) in [4.78, 5) is 25.6. The Morgan fingerprint density at radius 3 is 2.54 bits per heavy atom. The van der Waals surface area contributed by atoms with Crippen LogP contribution < -0.4 is 5.48 Å². The van der Waals surface area contributed by atoms with Gasteiger partial charge in [-0.15, -0.1) is 0 Å². The number of alkyl halides is 1. The van der Waals surface area contributed by atoms with Gasteiger partial charge < -0.3 is 19.6 Å². The molecule has 2 aliphatic carbocycles. The number of ether oxygens (including phenoxy) is 1. The lowest BCUT2D eigenvalue weighted by atomic mass is 9.95. The number of aliphatic carboxylic acids is 1. The number of carbonyl (C=O) groups is 1. The van der Waals surface area contributed by atoms with Gasteiger partial charge in [0.05, 0.1) is 40.8 Å². The normalized spacial score (nSPS) is 25.1. The van der Waals surface area contributed by atoms with E-state index in [0.717, 1.165) is 17.8 Å². The molecule has 0 bridgehead atoms. The smallest absolute Gasteiger partial charge is 0.310 e. The zero-order valence-corrected chi connectivity index (χ0v) is 33.2. The van der Waals surface area contributed by atoms with Crippen molar-refractivity contribution >= 4 is 11.7 Å². The van der Waals surface area contributed by atoms with E-state index in [0.29, 0.717) is 30.9 Å². The Balaban J connectivity index is 0.00000244. The van der Waals surface area contributed by atoms with Crippen LogP contribution in [-0.2, 0) is 14.4 Å². The molecular weight excluding hydrogens is 695 g/mol. The Morgan fingerprint density at radius 1 is 1.26 bits per heavy atom. The summed E-state index contributed by atoms with van der Waals surface area (Å²) in [5, 5.41) is 18.3. The predicted molar refractivity (Wildman–Crippen MR) is 210 cm³/mol. The number of hydroxylamine groups is 1. The van der Waals surface area contributed by atoms with Crippen molar-refractivity contribution in [3.8, 4) is 6.07 Å². The van der Waals surface area contributed by atoms with Crippen LogP contribution in [0.2, 0.25) is 0 Å². The second kappa shape index (κ2) is 23.4. The van der Waals surface area contributed by atoms with Crippen LogP contribution in [0.25, 0.3) is 0 Å². The zero-order chi connectivity index (χ0) is 40.4. The molecule has 2 heterocycles. The lowest BCUT2D eigenvalue weighted by Crippen LogP contribution is -2.45. The van der Waals surface area contributed by atoms with E-state index in [4.69, 9.17) is 14.8 Å². The number of hydrogen-bond donors (Lipinski definition) is 2. The molecule has 0 aromatic heterocycles. The number of rotatable bonds is 15. The number of carboxylic acid groups (broad SMARTS) is 1. The summed E-state index contributed by atoms with van der Waals surface area (Å²) in [6.45, 7) is 15.8. The topological polar surface area (TPSA) is 110 Å². The number of nitrogens with zero attached hydrogens (tertiary/aromatic N) is 4. The van der Waals surface area contributed by atoms with E-state index in [9.17, 15) is 18.7 Å². The van der Waals surface area contributed by atoms with Gasteiger partial charge in [0.25, 0.3) is 0 Å². The summed E-state index contributed by atoms with van der Waals surface area (Å²) in [5.41, 5.74) is 5.60. The van der Waals surface area contributed by atoms with E-state index in [1.165, 1.54) is 19.1 Å². The first-order chi connectivity index (χ1) is 25.9. The third kappa shape index (κ3) is 12.9. The first-order valence-electron chi connectivity index (χ1n) is 18.8. The van der Waals surface area contributed by atoms with E-state index in [2.05, 4.69) is 15.4 Å². The molecule has 0 amide bonds. The van der Waals surface area contributed by atoms with E-state index in [1.807, 2.05) is 58.7 Å². The van der Waals surface area contributed by atoms with Crippen molar-refractivity contribution in [3.63, 3.8) is 0 Å². The summed E-state index contributed by atoms with van der Waals surface area (Å²) < 4.78 is 50.8. The minimum atomic E-state index is -1.36. The number of likely N-dealkylation sites (N-methyl/N-ethyl adjacent to an activating group) is 1. The molecule has 0 saturated carbocycles. The van der Waals surface area contributed by atoms with Crippen molar-refractivity contribution in [1.82, 2.24) is 15.3 Å². The molecule has 296 valence electrons. The van der Waals surface area contributed by atoms with Crippen molar-refractivity contribution in [3.05, 3.63) is 107 Å². The fourth-order valence-electron chi connectivity index (χ4n) is 5.91. The van der Waals surface area contributed by atoms with Gasteiger partial charge in [0, 0.05) is 50.7 Å². The zero-order valence-electron chi connectivity index (χ0n) is 33.2. The van der Waals surface area contributed by atoms with Gasteiger partial charge in [-0.1, -0.05) is 64.2 Å². The molecule has 6 atom stereocenters. The van der Waals surface area contributed by atoms with Gasteiger partial charge in [-0.2, -0.15) is 5.26 Å². The molecule has 6 unspecified atom stereocenters. The van der Waals surface area contributed by atoms with Crippen molar-refractivity contribution in [2.75, 3.05) is 33.4 Å². The Labute approximate surface area is 319 Å². The Morgan fingerprint density at radius 2 is 1.96 bits per heavy atom. The Kier molecular flexibility index (Phi) is 19.8. The maximum atomic E-state index is 16.1. The fraction of sp³-hybridized carbons (Fsp3) is 0.500. The van der Waals surface area contributed by atoms with Gasteiger partial charge in [-0.3, -0.25) is 14.6 Å². The highest BCUT2D eigenvalue weighted by Gasteiger charge is 2.36. The average molecular weight is 754 g/mol. The van der Waals surface area contributed by atoms with E-state index in [-0.39, 0.29) is 36.7 Å². The van der Waals surface area contributed by atoms with Crippen molar-refractivity contribution in [1.29, 1.82) is 5.26 Å². The summed E-state index contributed by atoms with van der Waals surface area (Å²) in [7, 11) is 1.92. The van der Waals surface area contributed by atoms with Crippen molar-refractivity contribution < 1.29 is 32.6 Å². The molecule has 0 radical (unpaired) electrons. The molecule has 12 heteroatoms. The van der Waals surface area contributed by atoms with Crippen LogP contribution in [0.4, 0.5) is 13.2 Å². The van der Waals surface area contributed by atoms with Crippen molar-refractivity contribution in [2.45, 2.75) is 86.7 Å². The summed E-state index contributed by atoms with van der Waals surface area (Å²) in [6, 6.07) is 1.91. The number of aliphatic imine (C=N–C) groups is 1. The summed E-state index contributed by atoms with van der Waals surface area (Å²) in [6.07, 6.45) is 17.8. The Bertz CT molecular complexity index is 1620. The third-order valence-corrected chi connectivity index (χ3v) is 9.14. The molecule has 9 nitrogen and oxygen atoms in total. The van der Waals surface area contributed by atoms with Gasteiger partial charge >= 0.3 is 5.97 Å². The predicted octanol–water partition coefficient (Wildman–Crippen LogP) is 8.98. The van der Waals surface area contributed by atoms with Gasteiger partial charge in [-0.05, 0) is 70.1 Å². The number of halogens is 3. The van der Waals surface area contributed by atoms with Gasteiger partial charge in [0.1, 0.15) is 30.6 Å². The molecule has 2 aliphatic heterocycles. The van der Waals surface area contributed by atoms with E-state index >= 15 is 4.39 Å². The highest BCUT2D eigenvalue weighted by molar-refractivity contribution is 6.00. The van der Waals surface area contributed by atoms with Crippen LogP contribution in [0.1, 0.15) is 68.2 Å². The van der Waals surface area contributed by atoms with Gasteiger partial charge in [0.2, 0.25) is 0 Å². The quantitative estimate of drug-likeness (QED) is 0.0970. The van der Waals surface area contributed by atoms with Gasteiger partial charge in [-0.25, -0.2) is 18.7 Å². The maximum Gasteiger partial charge on any atom is 0.310 e. The summed E-state index contributed by atoms with van der Waals surface area (Å²) >= 11 is 0. The lowest BCUT2D eigenvalue weighted by molar-refractivity contribution is -0.139. The maximum absolute atomic E-state index is 16.1. The standard InChI is InChI=1S/C38H46F3N5O4.2C2H6/c1-6-8-34(44-35(25(3)39)23-50-43-21-30-13-12-27(20-42)17-32(30)40)29-10-7-9-28(33(41)18-29)19-37-45(5)36(14-11-24(2)38(47)48)26(4)46(37)22-31-15-16-49-31;2*1-2/h6-14,17-18,24,29-32,37,43H,15-16,19,21-23H2,1-5H3,(H,47,48);2*1-2H3/b8-6-,14-11-,35-25+,44-34+;;. The number of carboxylic acids is 1. The highest BCUT2D eigenvalue weighted by atomic mass is 19.1. The second-order valence-electron chi connectivity index (χ2n) is 12.7. The largest absolute Gasteiger partial charge is 0.481 e. The number of allylic oxidation sites excluding steroid dienone is 13. The number of nitrogens with one attached hydrogen (secondary N) is 1. The monoisotopic (exact) mass is 753 g/mol. The molecule has 1 saturated heterocycles. The molecule has 4 aliphatic rings. The van der Waals surface area contributed by atoms with Crippen LogP contribution in [0.3, 0.4) is 0 Å². The lowest BCUT2D eigenvalue weighted by Gasteiger charge is -2.37. The molecule has 2 N–H and O–H groups in total. The minimum Gasteiger partial charge on any atom is -0.481 e. The first kappa shape index (κ1) is 45.7. The Hall–Kier alpha value is -4.44. The van der Waals surface area contributed by atoms with Crippen LogP contribution >= 0.6 is 0 Å². The van der Waals surface area contributed by atoms with E-state index < -0.39 is 41.5 Å². The average Bonchev–Trinajstić information content (AvgIpc) is 3.23. The third-order valence-electron chi connectivity index (χ3n) is 9.14. The number of hydrogen-bond acceptors (Lipinski definition) is 8. The van der Waals surface area contributed by atoms with Crippen LogP contribution in [0, 0.1) is 29.1 Å². The molecule has 0 aromatic carbocycles. The van der Waals surface area contributed by atoms with Crippen molar-refractivity contribution in [2.24, 2.45) is 22.7 Å². The molecule has 4 rings (SSSR count). The molecule has 54 heavy (non-hydrogen) atoms. The number of nitriles is 1. The second-order valence-corrected chi connectivity index (χ2v) is 12.7. The first-order valence-corrected chi connectivity index (χ1v) is 18.8. The highest BCUT2D eigenvalue weighted by Crippen LogP contribution is 2.36. The van der Waals surface area contributed by atoms with E-state index in [1.54, 1.807) is 62.5 Å².